The van der Waals surface area contributed by atoms with E-state index >= 15 is 0 Å². The van der Waals surface area contributed by atoms with E-state index in [4.69, 9.17) is 15.7 Å². The lowest BCUT2D eigenvalue weighted by atomic mass is 9.83. The fraction of sp³-hybridized carbons (Fsp3) is 0.318. The summed E-state index contributed by atoms with van der Waals surface area (Å²) in [6, 6.07) is 11.8. The lowest BCUT2D eigenvalue weighted by Gasteiger charge is -2.30. The van der Waals surface area contributed by atoms with Crippen molar-refractivity contribution in [1.82, 2.24) is 9.55 Å². The van der Waals surface area contributed by atoms with E-state index in [2.05, 4.69) is 6.07 Å². The zero-order valence-electron chi connectivity index (χ0n) is 16.3. The number of nitrogens with zero attached hydrogens (tertiary/aromatic N) is 2. The van der Waals surface area contributed by atoms with Gasteiger partial charge in [0.2, 0.25) is 0 Å². The van der Waals surface area contributed by atoms with E-state index in [-0.39, 0.29) is 11.3 Å². The third-order valence-electron chi connectivity index (χ3n) is 5.83. The van der Waals surface area contributed by atoms with Gasteiger partial charge in [-0.05, 0) is 38.0 Å². The molecule has 0 fully saturated rings. The van der Waals surface area contributed by atoms with Crippen molar-refractivity contribution in [1.29, 1.82) is 0 Å². The molecule has 1 atom stereocenters. The predicted octanol–water partition coefficient (Wildman–Crippen LogP) is 3.07. The summed E-state index contributed by atoms with van der Waals surface area (Å²) in [5.41, 5.74) is 2.99. The minimum Gasteiger partial charge on any atom is -0.302 e. The number of pyridine rings is 2. The minimum absolute atomic E-state index is 0.117. The smallest absolute Gasteiger partial charge is 0.254 e. The van der Waals surface area contributed by atoms with Crippen molar-refractivity contribution >= 4 is 16.7 Å². The van der Waals surface area contributed by atoms with Gasteiger partial charge in [0.15, 0.2) is 11.4 Å². The first-order valence-electron chi connectivity index (χ1n) is 9.52. The van der Waals surface area contributed by atoms with Crippen molar-refractivity contribution in [2.75, 3.05) is 0 Å². The maximum Gasteiger partial charge on any atom is 0.254 e. The summed E-state index contributed by atoms with van der Waals surface area (Å²) in [7, 11) is 0. The monoisotopic (exact) mass is 377 g/mol. The Morgan fingerprint density at radius 1 is 1.29 bits per heavy atom. The Labute approximate surface area is 162 Å². The van der Waals surface area contributed by atoms with Crippen LogP contribution in [0.2, 0.25) is 0 Å². The van der Waals surface area contributed by atoms with Gasteiger partial charge < -0.3 is 4.57 Å². The number of hydrogen-bond acceptors (Lipinski definition) is 5. The average Bonchev–Trinajstić information content (AvgIpc) is 3.05. The van der Waals surface area contributed by atoms with Crippen LogP contribution in [-0.4, -0.2) is 15.3 Å². The summed E-state index contributed by atoms with van der Waals surface area (Å²) in [4.78, 5) is 35.8. The molecule has 2 aromatic heterocycles. The molecular formula is C22H23N3O3. The molecule has 144 valence electrons. The van der Waals surface area contributed by atoms with Gasteiger partial charge in [-0.3, -0.25) is 14.4 Å². The molecule has 1 aromatic carbocycles. The van der Waals surface area contributed by atoms with Crippen molar-refractivity contribution in [2.45, 2.75) is 45.8 Å². The van der Waals surface area contributed by atoms with Crippen LogP contribution in [0.4, 0.5) is 0 Å². The van der Waals surface area contributed by atoms with Crippen molar-refractivity contribution in [3.05, 3.63) is 63.4 Å². The zero-order chi connectivity index (χ0) is 20.1. The number of carbonyl (C=O) groups excluding carboxylic acids is 1. The number of para-hydroxylation sites is 1. The Kier molecular flexibility index (Phi) is 4.40. The van der Waals surface area contributed by atoms with Gasteiger partial charge in [-0.1, -0.05) is 32.0 Å². The van der Waals surface area contributed by atoms with Crippen LogP contribution in [-0.2, 0) is 28.2 Å². The van der Waals surface area contributed by atoms with Crippen molar-refractivity contribution in [2.24, 2.45) is 5.90 Å². The van der Waals surface area contributed by atoms with Crippen LogP contribution in [0.15, 0.2) is 41.2 Å². The van der Waals surface area contributed by atoms with E-state index < -0.39 is 5.60 Å². The third-order valence-corrected chi connectivity index (χ3v) is 5.83. The highest BCUT2D eigenvalue weighted by Gasteiger charge is 2.40. The summed E-state index contributed by atoms with van der Waals surface area (Å²) in [5, 5.41) is 1.04. The molecule has 0 radical (unpaired) electrons. The highest BCUT2D eigenvalue weighted by molar-refractivity contribution is 5.88. The van der Waals surface area contributed by atoms with Crippen LogP contribution in [0.3, 0.4) is 0 Å². The van der Waals surface area contributed by atoms with Gasteiger partial charge in [0.05, 0.1) is 23.4 Å². The fourth-order valence-corrected chi connectivity index (χ4v) is 4.28. The molecule has 0 bridgehead atoms. The van der Waals surface area contributed by atoms with Crippen LogP contribution in [0.5, 0.6) is 0 Å². The summed E-state index contributed by atoms with van der Waals surface area (Å²) in [6.07, 6.45) is 0.825. The molecule has 0 spiro atoms. The van der Waals surface area contributed by atoms with Gasteiger partial charge in [0.1, 0.15) is 0 Å². The molecule has 0 aliphatic carbocycles. The van der Waals surface area contributed by atoms with Gasteiger partial charge in [-0.2, -0.15) is 0 Å². The fourth-order valence-electron chi connectivity index (χ4n) is 4.28. The van der Waals surface area contributed by atoms with E-state index in [1.54, 1.807) is 4.57 Å². The number of carbonyl (C=O) groups is 1. The molecule has 0 saturated carbocycles. The van der Waals surface area contributed by atoms with Gasteiger partial charge in [0.25, 0.3) is 5.56 Å². The molecule has 0 unspecified atom stereocenters. The molecule has 3 aromatic rings. The minimum atomic E-state index is -1.33. The lowest BCUT2D eigenvalue weighted by Crippen LogP contribution is -2.42. The summed E-state index contributed by atoms with van der Waals surface area (Å²) in [5.74, 6) is 5.37. The van der Waals surface area contributed by atoms with E-state index in [9.17, 15) is 9.59 Å². The summed E-state index contributed by atoms with van der Waals surface area (Å²) < 4.78 is 1.73. The number of benzene rings is 1. The van der Waals surface area contributed by atoms with E-state index in [1.165, 1.54) is 6.92 Å². The zero-order valence-corrected chi connectivity index (χ0v) is 16.3. The molecule has 4 rings (SSSR count). The van der Waals surface area contributed by atoms with Crippen LogP contribution < -0.4 is 11.5 Å². The normalized spacial score (nSPS) is 14.6. The molecule has 6 heteroatoms. The van der Waals surface area contributed by atoms with Crippen LogP contribution in [0, 0.1) is 0 Å². The Balaban J connectivity index is 2.04. The number of hydrogen-bond donors (Lipinski definition) is 1. The molecule has 1 aliphatic rings. The van der Waals surface area contributed by atoms with Crippen molar-refractivity contribution in [3.63, 3.8) is 0 Å². The van der Waals surface area contributed by atoms with E-state index in [1.807, 2.05) is 44.2 Å². The number of rotatable bonds is 5. The van der Waals surface area contributed by atoms with Gasteiger partial charge in [0, 0.05) is 22.1 Å². The number of aromatic nitrogens is 2. The molecule has 28 heavy (non-hydrogen) atoms. The third kappa shape index (κ3) is 2.45. The first kappa shape index (κ1) is 18.5. The summed E-state index contributed by atoms with van der Waals surface area (Å²) in [6.45, 7) is 5.65. The van der Waals surface area contributed by atoms with Crippen LogP contribution in [0.25, 0.3) is 22.3 Å². The molecular weight excluding hydrogens is 354 g/mol. The molecule has 6 nitrogen and oxygen atoms in total. The molecule has 2 N–H and O–H groups in total. The largest absolute Gasteiger partial charge is 0.302 e. The average molecular weight is 377 g/mol. The summed E-state index contributed by atoms with van der Waals surface area (Å²) >= 11 is 0. The number of fused-ring (bicyclic) bond motifs is 4. The predicted molar refractivity (Wildman–Crippen MR) is 108 cm³/mol. The van der Waals surface area contributed by atoms with E-state index in [0.717, 1.165) is 22.2 Å². The lowest BCUT2D eigenvalue weighted by molar-refractivity contribution is -0.145. The Morgan fingerprint density at radius 2 is 2.04 bits per heavy atom. The topological polar surface area (TPSA) is 87.2 Å². The standard InChI is InChI=1S/C22H23N3O3/c1-4-16-17(22(5-2,28-23)13(3)26)11-19-20-15(12-25(19)21(16)27)10-14-8-6-7-9-18(14)24-20/h6-11H,4-5,12,23H2,1-3H3/t22-/m1/s1. The number of ketones is 1. The first-order valence-corrected chi connectivity index (χ1v) is 9.52. The molecule has 0 saturated heterocycles. The van der Waals surface area contributed by atoms with Crippen LogP contribution >= 0.6 is 0 Å². The van der Waals surface area contributed by atoms with Gasteiger partial charge >= 0.3 is 0 Å². The van der Waals surface area contributed by atoms with E-state index in [0.29, 0.717) is 36.2 Å². The Hall–Kier alpha value is -2.83. The van der Waals surface area contributed by atoms with Gasteiger partial charge in [-0.15, -0.1) is 0 Å². The Morgan fingerprint density at radius 3 is 2.68 bits per heavy atom. The molecule has 0 amide bonds. The number of Topliss-reactive ketones (excluding diaryl/α,β-unsaturated/α-hetero) is 1. The maximum absolute atomic E-state index is 13.3. The molecule has 3 heterocycles. The second kappa shape index (κ2) is 6.65. The van der Waals surface area contributed by atoms with Crippen molar-refractivity contribution in [3.8, 4) is 11.4 Å². The quantitative estimate of drug-likeness (QED) is 0.540. The highest BCUT2D eigenvalue weighted by atomic mass is 16.6. The molecule has 1 aliphatic heterocycles. The first-order chi connectivity index (χ1) is 13.5. The SMILES string of the molecule is CCc1c([C@](CC)(ON)C(C)=O)cc2n(c1=O)Cc1cc3ccccc3nc1-2. The maximum atomic E-state index is 13.3. The van der Waals surface area contributed by atoms with Gasteiger partial charge in [-0.25, -0.2) is 10.9 Å². The second-order valence-electron chi connectivity index (χ2n) is 7.21. The van der Waals surface area contributed by atoms with Crippen molar-refractivity contribution < 1.29 is 9.63 Å². The van der Waals surface area contributed by atoms with Crippen LogP contribution in [0.1, 0.15) is 43.9 Å². The highest BCUT2D eigenvalue weighted by Crippen LogP contribution is 2.37. The Bertz CT molecular complexity index is 1160. The second-order valence-corrected chi connectivity index (χ2v) is 7.21. The number of nitrogens with two attached hydrogens (primary N) is 1.